The Balaban J connectivity index is 2.01. The van der Waals surface area contributed by atoms with Crippen LogP contribution in [0, 0.1) is 0 Å². The molecule has 0 amide bonds. The predicted octanol–water partition coefficient (Wildman–Crippen LogP) is 1.76. The van der Waals surface area contributed by atoms with E-state index in [0.29, 0.717) is 13.0 Å². The fourth-order valence-corrected chi connectivity index (χ4v) is 1.85. The molecule has 0 heterocycles. The second kappa shape index (κ2) is 4.66. The van der Waals surface area contributed by atoms with Gasteiger partial charge in [-0.1, -0.05) is 6.07 Å². The molecule has 0 bridgehead atoms. The molecule has 0 N–H and O–H groups in total. The Morgan fingerprint density at radius 2 is 2.12 bits per heavy atom. The zero-order valence-electron chi connectivity index (χ0n) is 9.82. The van der Waals surface area contributed by atoms with Gasteiger partial charge in [-0.2, -0.15) is 0 Å². The van der Waals surface area contributed by atoms with Crippen LogP contribution in [0.3, 0.4) is 0 Å². The molecule has 0 radical (unpaired) electrons. The van der Waals surface area contributed by atoms with Gasteiger partial charge in [0.2, 0.25) is 0 Å². The van der Waals surface area contributed by atoms with E-state index in [4.69, 9.17) is 4.74 Å². The summed E-state index contributed by atoms with van der Waals surface area (Å²) in [6.07, 6.45) is 1.53. The highest BCUT2D eigenvalue weighted by Gasteiger charge is 2.19. The Bertz CT molecular complexity index is 399. The van der Waals surface area contributed by atoms with Crippen molar-refractivity contribution >= 4 is 5.78 Å². The number of nitrogens with zero attached hydrogens (tertiary/aromatic N) is 1. The number of carbonyl (C=O) groups excluding carboxylic acids is 1. The minimum absolute atomic E-state index is 0.244. The highest BCUT2D eigenvalue weighted by molar-refractivity contribution is 6.00. The molecular weight excluding hydrogens is 202 g/mol. The number of ether oxygens (including phenoxy) is 1. The van der Waals surface area contributed by atoms with Crippen molar-refractivity contribution in [1.82, 2.24) is 4.90 Å². The van der Waals surface area contributed by atoms with Crippen molar-refractivity contribution in [2.75, 3.05) is 27.2 Å². The van der Waals surface area contributed by atoms with E-state index in [-0.39, 0.29) is 5.78 Å². The van der Waals surface area contributed by atoms with Crippen LogP contribution in [-0.2, 0) is 6.42 Å². The number of hydrogen-bond donors (Lipinski definition) is 0. The van der Waals surface area contributed by atoms with Gasteiger partial charge >= 0.3 is 0 Å². The second-order valence-corrected chi connectivity index (χ2v) is 4.39. The van der Waals surface area contributed by atoms with E-state index < -0.39 is 0 Å². The van der Waals surface area contributed by atoms with E-state index in [1.807, 2.05) is 32.3 Å². The quantitative estimate of drug-likeness (QED) is 0.772. The molecule has 0 fully saturated rings. The number of likely N-dealkylation sites (N-methyl/N-ethyl adjacent to an activating group) is 1. The van der Waals surface area contributed by atoms with Gasteiger partial charge in [-0.05, 0) is 38.2 Å². The first-order chi connectivity index (χ1) is 7.66. The topological polar surface area (TPSA) is 29.5 Å². The zero-order valence-corrected chi connectivity index (χ0v) is 9.82. The van der Waals surface area contributed by atoms with Crippen molar-refractivity contribution in [1.29, 1.82) is 0 Å². The number of ketones is 1. The molecule has 0 atom stereocenters. The number of fused-ring (bicyclic) bond motifs is 1. The standard InChI is InChI=1S/C13H17NO2/c1-14(2)7-8-16-11-5-3-10-4-6-13(15)12(10)9-11/h3,5,9H,4,6-8H2,1-2H3. The Hall–Kier alpha value is -1.35. The molecular formula is C13H17NO2. The van der Waals surface area contributed by atoms with Crippen LogP contribution in [0.1, 0.15) is 22.3 Å². The number of hydrogen-bond acceptors (Lipinski definition) is 3. The van der Waals surface area contributed by atoms with E-state index in [2.05, 4.69) is 4.90 Å². The average Bonchev–Trinajstić information content (AvgIpc) is 2.60. The first-order valence-corrected chi connectivity index (χ1v) is 5.60. The van der Waals surface area contributed by atoms with Gasteiger partial charge in [-0.15, -0.1) is 0 Å². The molecule has 16 heavy (non-hydrogen) atoms. The number of aryl methyl sites for hydroxylation is 1. The maximum Gasteiger partial charge on any atom is 0.163 e. The van der Waals surface area contributed by atoms with Gasteiger partial charge in [-0.3, -0.25) is 4.79 Å². The van der Waals surface area contributed by atoms with Crippen molar-refractivity contribution < 1.29 is 9.53 Å². The van der Waals surface area contributed by atoms with E-state index in [9.17, 15) is 4.79 Å². The van der Waals surface area contributed by atoms with Crippen LogP contribution in [0.4, 0.5) is 0 Å². The summed E-state index contributed by atoms with van der Waals surface area (Å²) in [5.41, 5.74) is 2.01. The monoisotopic (exact) mass is 219 g/mol. The predicted molar refractivity (Wildman–Crippen MR) is 63.1 cm³/mol. The molecule has 0 unspecified atom stereocenters. The van der Waals surface area contributed by atoms with Gasteiger partial charge < -0.3 is 9.64 Å². The molecule has 1 aromatic rings. The largest absolute Gasteiger partial charge is 0.492 e. The van der Waals surface area contributed by atoms with Crippen LogP contribution >= 0.6 is 0 Å². The van der Waals surface area contributed by atoms with Gasteiger partial charge in [0.25, 0.3) is 0 Å². The molecule has 0 saturated carbocycles. The maximum absolute atomic E-state index is 11.5. The zero-order chi connectivity index (χ0) is 11.5. The third kappa shape index (κ3) is 2.42. The lowest BCUT2D eigenvalue weighted by Gasteiger charge is -2.11. The second-order valence-electron chi connectivity index (χ2n) is 4.39. The summed E-state index contributed by atoms with van der Waals surface area (Å²) in [7, 11) is 4.02. The highest BCUT2D eigenvalue weighted by atomic mass is 16.5. The lowest BCUT2D eigenvalue weighted by atomic mass is 10.1. The molecule has 1 aromatic carbocycles. The van der Waals surface area contributed by atoms with Gasteiger partial charge in [0, 0.05) is 18.5 Å². The summed E-state index contributed by atoms with van der Waals surface area (Å²) in [5.74, 6) is 1.05. The number of benzene rings is 1. The molecule has 0 saturated heterocycles. The number of Topliss-reactive ketones (excluding diaryl/α,β-unsaturated/α-hetero) is 1. The summed E-state index contributed by atoms with van der Waals surface area (Å²) >= 11 is 0. The van der Waals surface area contributed by atoms with Crippen molar-refractivity contribution in [3.8, 4) is 5.75 Å². The lowest BCUT2D eigenvalue weighted by molar-refractivity contribution is 0.0994. The number of carbonyl (C=O) groups is 1. The van der Waals surface area contributed by atoms with Crippen LogP contribution in [0.15, 0.2) is 18.2 Å². The molecule has 3 heteroatoms. The van der Waals surface area contributed by atoms with Crippen molar-refractivity contribution in [3.63, 3.8) is 0 Å². The van der Waals surface area contributed by atoms with Crippen LogP contribution < -0.4 is 4.74 Å². The van der Waals surface area contributed by atoms with E-state index >= 15 is 0 Å². The third-order valence-electron chi connectivity index (χ3n) is 2.81. The van der Waals surface area contributed by atoms with E-state index in [0.717, 1.165) is 29.8 Å². The molecule has 0 aliphatic heterocycles. The summed E-state index contributed by atoms with van der Waals surface area (Å²) < 4.78 is 5.60. The maximum atomic E-state index is 11.5. The normalized spacial score (nSPS) is 14.3. The molecule has 1 aliphatic rings. The summed E-state index contributed by atoms with van der Waals surface area (Å²) in [5, 5.41) is 0. The van der Waals surface area contributed by atoms with Crippen LogP contribution in [0.2, 0.25) is 0 Å². The van der Waals surface area contributed by atoms with Crippen molar-refractivity contribution in [2.45, 2.75) is 12.8 Å². The van der Waals surface area contributed by atoms with Crippen LogP contribution in [-0.4, -0.2) is 37.9 Å². The van der Waals surface area contributed by atoms with Crippen LogP contribution in [0.25, 0.3) is 0 Å². The molecule has 1 aliphatic carbocycles. The molecule has 0 spiro atoms. The Morgan fingerprint density at radius 1 is 1.31 bits per heavy atom. The Morgan fingerprint density at radius 3 is 2.88 bits per heavy atom. The van der Waals surface area contributed by atoms with Crippen molar-refractivity contribution in [2.24, 2.45) is 0 Å². The minimum Gasteiger partial charge on any atom is -0.492 e. The summed E-state index contributed by atoms with van der Waals surface area (Å²) in [6.45, 7) is 1.53. The smallest absolute Gasteiger partial charge is 0.163 e. The van der Waals surface area contributed by atoms with Crippen LogP contribution in [0.5, 0.6) is 5.75 Å². The fourth-order valence-electron chi connectivity index (χ4n) is 1.85. The van der Waals surface area contributed by atoms with Gasteiger partial charge in [0.15, 0.2) is 5.78 Å². The summed E-state index contributed by atoms with van der Waals surface area (Å²) in [4.78, 5) is 13.6. The fraction of sp³-hybridized carbons (Fsp3) is 0.462. The minimum atomic E-state index is 0.244. The van der Waals surface area contributed by atoms with E-state index in [1.54, 1.807) is 0 Å². The van der Waals surface area contributed by atoms with Gasteiger partial charge in [0.1, 0.15) is 12.4 Å². The highest BCUT2D eigenvalue weighted by Crippen LogP contribution is 2.25. The van der Waals surface area contributed by atoms with E-state index in [1.165, 1.54) is 0 Å². The van der Waals surface area contributed by atoms with Crippen molar-refractivity contribution in [3.05, 3.63) is 29.3 Å². The number of rotatable bonds is 4. The first kappa shape index (κ1) is 11.1. The summed E-state index contributed by atoms with van der Waals surface area (Å²) in [6, 6.07) is 5.83. The SMILES string of the molecule is CN(C)CCOc1ccc2c(c1)C(=O)CC2. The van der Waals surface area contributed by atoms with Gasteiger partial charge in [0.05, 0.1) is 0 Å². The molecule has 86 valence electrons. The third-order valence-corrected chi connectivity index (χ3v) is 2.81. The first-order valence-electron chi connectivity index (χ1n) is 5.60. The molecule has 0 aromatic heterocycles. The average molecular weight is 219 g/mol. The van der Waals surface area contributed by atoms with Gasteiger partial charge in [-0.25, -0.2) is 0 Å². The molecule has 3 nitrogen and oxygen atoms in total. The lowest BCUT2D eigenvalue weighted by Crippen LogP contribution is -2.19. The molecule has 2 rings (SSSR count). The Labute approximate surface area is 96.0 Å². The Kier molecular flexibility index (Phi) is 3.25.